The molecule has 112 valence electrons. The normalized spacial score (nSPS) is 18.8. The average Bonchev–Trinajstić information content (AvgIpc) is 2.48. The third kappa shape index (κ3) is 3.78. The zero-order chi connectivity index (χ0) is 14.5. The number of methoxy groups -OCH3 is 2. The maximum absolute atomic E-state index is 6.60. The van der Waals surface area contributed by atoms with E-state index in [1.807, 2.05) is 18.2 Å². The van der Waals surface area contributed by atoms with Crippen LogP contribution in [0.5, 0.6) is 11.5 Å². The van der Waals surface area contributed by atoms with Crippen molar-refractivity contribution >= 4 is 11.6 Å². The van der Waals surface area contributed by atoms with Crippen LogP contribution >= 0.6 is 11.6 Å². The molecule has 1 fully saturated rings. The summed E-state index contributed by atoms with van der Waals surface area (Å²) in [4.78, 5) is 4.74. The van der Waals surface area contributed by atoms with Crippen molar-refractivity contribution in [1.29, 1.82) is 0 Å². The van der Waals surface area contributed by atoms with Crippen LogP contribution in [0.3, 0.4) is 0 Å². The molecule has 0 saturated carbocycles. The second-order valence-electron chi connectivity index (χ2n) is 5.18. The van der Waals surface area contributed by atoms with E-state index in [4.69, 9.17) is 21.1 Å². The van der Waals surface area contributed by atoms with Crippen molar-refractivity contribution in [2.45, 2.75) is 5.38 Å². The Balaban J connectivity index is 2.05. The number of piperazine rings is 1. The Morgan fingerprint density at radius 1 is 1.15 bits per heavy atom. The van der Waals surface area contributed by atoms with E-state index in [1.54, 1.807) is 14.2 Å². The highest BCUT2D eigenvalue weighted by molar-refractivity contribution is 6.21. The van der Waals surface area contributed by atoms with Crippen molar-refractivity contribution in [1.82, 2.24) is 9.80 Å². The average molecular weight is 299 g/mol. The number of ether oxygens (including phenoxy) is 2. The molecule has 1 unspecified atom stereocenters. The Hall–Kier alpha value is -0.970. The molecule has 0 spiro atoms. The molecular formula is C15H23ClN2O2. The second-order valence-corrected chi connectivity index (χ2v) is 5.71. The highest BCUT2D eigenvalue weighted by Gasteiger charge is 2.20. The summed E-state index contributed by atoms with van der Waals surface area (Å²) in [5, 5.41) is -0.0940. The van der Waals surface area contributed by atoms with E-state index >= 15 is 0 Å². The highest BCUT2D eigenvalue weighted by Crippen LogP contribution is 2.33. The highest BCUT2D eigenvalue weighted by atomic mass is 35.5. The van der Waals surface area contributed by atoms with Crippen LogP contribution in [0, 0.1) is 0 Å². The van der Waals surface area contributed by atoms with Crippen molar-refractivity contribution in [2.75, 3.05) is 54.0 Å². The molecule has 1 aliphatic heterocycles. The number of likely N-dealkylation sites (N-methyl/N-ethyl adjacent to an activating group) is 1. The van der Waals surface area contributed by atoms with Crippen LogP contribution in [0.1, 0.15) is 10.9 Å². The van der Waals surface area contributed by atoms with Gasteiger partial charge >= 0.3 is 0 Å². The molecular weight excluding hydrogens is 276 g/mol. The molecule has 2 rings (SSSR count). The van der Waals surface area contributed by atoms with Gasteiger partial charge in [-0.2, -0.15) is 0 Å². The van der Waals surface area contributed by atoms with Gasteiger partial charge in [-0.15, -0.1) is 11.6 Å². The van der Waals surface area contributed by atoms with E-state index < -0.39 is 0 Å². The molecule has 1 aromatic rings. The predicted octanol–water partition coefficient (Wildman–Crippen LogP) is 2.23. The number of alkyl halides is 1. The largest absolute Gasteiger partial charge is 0.497 e. The van der Waals surface area contributed by atoms with Crippen LogP contribution in [0.15, 0.2) is 18.2 Å². The first-order valence-corrected chi connectivity index (χ1v) is 7.34. The fourth-order valence-corrected chi connectivity index (χ4v) is 2.81. The van der Waals surface area contributed by atoms with Crippen LogP contribution in [-0.4, -0.2) is 63.8 Å². The molecule has 0 bridgehead atoms. The number of hydrogen-bond acceptors (Lipinski definition) is 4. The second kappa shape index (κ2) is 7.16. The van der Waals surface area contributed by atoms with Crippen LogP contribution in [-0.2, 0) is 0 Å². The fraction of sp³-hybridized carbons (Fsp3) is 0.600. The topological polar surface area (TPSA) is 24.9 Å². The van der Waals surface area contributed by atoms with Crippen molar-refractivity contribution in [3.05, 3.63) is 23.8 Å². The van der Waals surface area contributed by atoms with Crippen molar-refractivity contribution in [2.24, 2.45) is 0 Å². The molecule has 5 heteroatoms. The first-order valence-electron chi connectivity index (χ1n) is 6.91. The first kappa shape index (κ1) is 15.4. The maximum atomic E-state index is 6.60. The molecule has 20 heavy (non-hydrogen) atoms. The van der Waals surface area contributed by atoms with Gasteiger partial charge in [0.2, 0.25) is 0 Å². The van der Waals surface area contributed by atoms with Crippen LogP contribution in [0.2, 0.25) is 0 Å². The van der Waals surface area contributed by atoms with E-state index in [9.17, 15) is 0 Å². The summed E-state index contributed by atoms with van der Waals surface area (Å²) in [5.41, 5.74) is 0.993. The zero-order valence-corrected chi connectivity index (χ0v) is 13.2. The molecule has 1 heterocycles. The van der Waals surface area contributed by atoms with E-state index in [-0.39, 0.29) is 5.38 Å². The molecule has 1 atom stereocenters. The summed E-state index contributed by atoms with van der Waals surface area (Å²) in [6.45, 7) is 5.15. The number of rotatable bonds is 5. The van der Waals surface area contributed by atoms with Gasteiger partial charge in [0.25, 0.3) is 0 Å². The number of halogens is 1. The Bertz CT molecular complexity index is 434. The number of benzene rings is 1. The lowest BCUT2D eigenvalue weighted by molar-refractivity contribution is 0.154. The summed E-state index contributed by atoms with van der Waals surface area (Å²) in [5.74, 6) is 1.63. The molecule has 1 saturated heterocycles. The van der Waals surface area contributed by atoms with Gasteiger partial charge < -0.3 is 14.4 Å². The Morgan fingerprint density at radius 3 is 2.45 bits per heavy atom. The summed E-state index contributed by atoms with van der Waals surface area (Å²) < 4.78 is 10.7. The predicted molar refractivity (Wildman–Crippen MR) is 82.1 cm³/mol. The van der Waals surface area contributed by atoms with Gasteiger partial charge in [-0.05, 0) is 25.2 Å². The van der Waals surface area contributed by atoms with E-state index in [0.717, 1.165) is 49.8 Å². The summed E-state index contributed by atoms with van der Waals surface area (Å²) >= 11 is 6.60. The van der Waals surface area contributed by atoms with Gasteiger partial charge in [0.15, 0.2) is 0 Å². The third-order valence-corrected chi connectivity index (χ3v) is 4.16. The standard InChI is InChI=1S/C15H23ClN2O2/c1-17-6-8-18(9-7-17)11-14(16)13-10-12(19-2)4-5-15(13)20-3/h4-5,10,14H,6-9,11H2,1-3H3. The third-order valence-electron chi connectivity index (χ3n) is 3.79. The van der Waals surface area contributed by atoms with Crippen LogP contribution in [0.4, 0.5) is 0 Å². The SMILES string of the molecule is COc1ccc(OC)c(C(Cl)CN2CCN(C)CC2)c1. The number of hydrogen-bond donors (Lipinski definition) is 0. The van der Waals surface area contributed by atoms with Gasteiger partial charge in [0, 0.05) is 38.3 Å². The summed E-state index contributed by atoms with van der Waals surface area (Å²) in [7, 11) is 5.49. The molecule has 0 N–H and O–H groups in total. The number of nitrogens with zero attached hydrogens (tertiary/aromatic N) is 2. The van der Waals surface area contributed by atoms with Crippen molar-refractivity contribution < 1.29 is 9.47 Å². The minimum absolute atomic E-state index is 0.0940. The van der Waals surface area contributed by atoms with Crippen LogP contribution < -0.4 is 9.47 Å². The first-order chi connectivity index (χ1) is 9.63. The Kier molecular flexibility index (Phi) is 5.52. The van der Waals surface area contributed by atoms with E-state index in [2.05, 4.69) is 16.8 Å². The molecule has 0 aliphatic carbocycles. The van der Waals surface area contributed by atoms with E-state index in [0.29, 0.717) is 0 Å². The Labute approximate surface area is 126 Å². The minimum Gasteiger partial charge on any atom is -0.497 e. The van der Waals surface area contributed by atoms with Gasteiger partial charge in [0.05, 0.1) is 19.6 Å². The fourth-order valence-electron chi connectivity index (χ4n) is 2.44. The summed E-state index contributed by atoms with van der Waals surface area (Å²) in [6.07, 6.45) is 0. The zero-order valence-electron chi connectivity index (χ0n) is 12.4. The van der Waals surface area contributed by atoms with Gasteiger partial charge in [0.1, 0.15) is 11.5 Å². The molecule has 0 amide bonds. The molecule has 1 aromatic carbocycles. The van der Waals surface area contributed by atoms with Crippen LogP contribution in [0.25, 0.3) is 0 Å². The molecule has 4 nitrogen and oxygen atoms in total. The lowest BCUT2D eigenvalue weighted by atomic mass is 10.1. The maximum Gasteiger partial charge on any atom is 0.123 e. The molecule has 1 aliphatic rings. The Morgan fingerprint density at radius 2 is 1.85 bits per heavy atom. The smallest absolute Gasteiger partial charge is 0.123 e. The quantitative estimate of drug-likeness (QED) is 0.778. The lowest BCUT2D eigenvalue weighted by Gasteiger charge is -2.33. The molecule has 0 radical (unpaired) electrons. The van der Waals surface area contributed by atoms with Crippen molar-refractivity contribution in [3.8, 4) is 11.5 Å². The minimum atomic E-state index is -0.0940. The monoisotopic (exact) mass is 298 g/mol. The van der Waals surface area contributed by atoms with Crippen molar-refractivity contribution in [3.63, 3.8) is 0 Å². The van der Waals surface area contributed by atoms with Gasteiger partial charge in [-0.3, -0.25) is 4.90 Å². The van der Waals surface area contributed by atoms with E-state index in [1.165, 1.54) is 0 Å². The van der Waals surface area contributed by atoms with Gasteiger partial charge in [-0.25, -0.2) is 0 Å². The summed E-state index contributed by atoms with van der Waals surface area (Å²) in [6, 6.07) is 5.77. The van der Waals surface area contributed by atoms with Gasteiger partial charge in [-0.1, -0.05) is 0 Å². The lowest BCUT2D eigenvalue weighted by Crippen LogP contribution is -2.45. The molecule has 0 aromatic heterocycles.